The molecule has 124 valence electrons. The fraction of sp³-hybridized carbons (Fsp3) is 0.111. The van der Waals surface area contributed by atoms with Crippen LogP contribution in [0.4, 0.5) is 0 Å². The number of carbonyl (C=O) groups excluding carboxylic acids is 1. The van der Waals surface area contributed by atoms with E-state index in [2.05, 4.69) is 20.3 Å². The van der Waals surface area contributed by atoms with Crippen molar-refractivity contribution in [1.29, 1.82) is 0 Å². The summed E-state index contributed by atoms with van der Waals surface area (Å²) in [6.07, 6.45) is 1.72. The van der Waals surface area contributed by atoms with E-state index in [1.807, 2.05) is 49.4 Å². The van der Waals surface area contributed by atoms with Crippen molar-refractivity contribution >= 4 is 38.8 Å². The molecule has 0 unspecified atom stereocenters. The van der Waals surface area contributed by atoms with Gasteiger partial charge in [-0.1, -0.05) is 18.2 Å². The lowest BCUT2D eigenvalue weighted by atomic mass is 10.3. The number of para-hydroxylation sites is 1. The van der Waals surface area contributed by atoms with Crippen LogP contribution in [0.5, 0.6) is 0 Å². The molecule has 25 heavy (non-hydrogen) atoms. The molecule has 0 saturated carbocycles. The molecular weight excluding hydrogens is 352 g/mol. The minimum Gasteiger partial charge on any atom is -0.345 e. The number of aromatic nitrogens is 3. The van der Waals surface area contributed by atoms with Crippen LogP contribution in [0.3, 0.4) is 0 Å². The van der Waals surface area contributed by atoms with Crippen molar-refractivity contribution in [3.8, 4) is 10.7 Å². The summed E-state index contributed by atoms with van der Waals surface area (Å²) in [5, 5.41) is 4.58. The second-order valence-electron chi connectivity index (χ2n) is 5.41. The van der Waals surface area contributed by atoms with Crippen molar-refractivity contribution in [1.82, 2.24) is 20.3 Å². The van der Waals surface area contributed by atoms with E-state index in [1.54, 1.807) is 17.5 Å². The predicted molar refractivity (Wildman–Crippen MR) is 101 cm³/mol. The van der Waals surface area contributed by atoms with Gasteiger partial charge in [0.15, 0.2) is 0 Å². The van der Waals surface area contributed by atoms with E-state index in [0.717, 1.165) is 25.9 Å². The Bertz CT molecular complexity index is 1010. The van der Waals surface area contributed by atoms with E-state index in [9.17, 15) is 4.79 Å². The van der Waals surface area contributed by atoms with Crippen LogP contribution in [0, 0.1) is 6.92 Å². The molecule has 5 nitrogen and oxygen atoms in total. The van der Waals surface area contributed by atoms with Gasteiger partial charge < -0.3 is 5.32 Å². The summed E-state index contributed by atoms with van der Waals surface area (Å²) < 4.78 is 1.12. The molecule has 0 spiro atoms. The maximum Gasteiger partial charge on any atom is 0.263 e. The minimum atomic E-state index is -0.128. The molecule has 4 aromatic rings. The first-order valence-electron chi connectivity index (χ1n) is 7.72. The average molecular weight is 366 g/mol. The van der Waals surface area contributed by atoms with E-state index in [0.29, 0.717) is 17.1 Å². The minimum absolute atomic E-state index is 0.128. The van der Waals surface area contributed by atoms with Crippen LogP contribution >= 0.6 is 22.7 Å². The summed E-state index contributed by atoms with van der Waals surface area (Å²) in [5.74, 6) is -0.128. The lowest BCUT2D eigenvalue weighted by Crippen LogP contribution is -2.22. The number of fused-ring (bicyclic) bond motifs is 1. The smallest absolute Gasteiger partial charge is 0.263 e. The zero-order valence-corrected chi connectivity index (χ0v) is 15.0. The van der Waals surface area contributed by atoms with Crippen molar-refractivity contribution in [2.75, 3.05) is 0 Å². The van der Waals surface area contributed by atoms with Crippen molar-refractivity contribution in [3.05, 3.63) is 64.2 Å². The molecular formula is C18H14N4OS2. The molecule has 0 saturated heterocycles. The zero-order chi connectivity index (χ0) is 17.2. The van der Waals surface area contributed by atoms with Gasteiger partial charge in [0.2, 0.25) is 0 Å². The number of rotatable bonds is 4. The highest BCUT2D eigenvalue weighted by atomic mass is 32.1. The summed E-state index contributed by atoms with van der Waals surface area (Å²) in [6.45, 7) is 2.25. The van der Waals surface area contributed by atoms with Crippen LogP contribution in [0.15, 0.2) is 48.7 Å². The number of hydrogen-bond donors (Lipinski definition) is 1. The molecule has 0 bridgehead atoms. The average Bonchev–Trinajstić information content (AvgIpc) is 3.23. The summed E-state index contributed by atoms with van der Waals surface area (Å²) in [4.78, 5) is 26.4. The maximum absolute atomic E-state index is 12.5. The predicted octanol–water partition coefficient (Wildman–Crippen LogP) is 4.05. The maximum atomic E-state index is 12.5. The van der Waals surface area contributed by atoms with Gasteiger partial charge in [0.05, 0.1) is 28.1 Å². The number of benzene rings is 1. The molecule has 7 heteroatoms. The van der Waals surface area contributed by atoms with E-state index >= 15 is 0 Å². The van der Waals surface area contributed by atoms with Gasteiger partial charge in [-0.05, 0) is 31.2 Å². The second-order valence-corrected chi connectivity index (χ2v) is 7.52. The van der Waals surface area contributed by atoms with Crippen LogP contribution in [0.1, 0.15) is 20.4 Å². The third-order valence-electron chi connectivity index (χ3n) is 3.63. The van der Waals surface area contributed by atoms with Gasteiger partial charge in [-0.25, -0.2) is 9.97 Å². The van der Waals surface area contributed by atoms with Gasteiger partial charge >= 0.3 is 0 Å². The molecule has 1 amide bonds. The molecule has 0 aliphatic heterocycles. The Morgan fingerprint density at radius 1 is 1.08 bits per heavy atom. The molecule has 3 aromatic heterocycles. The Kier molecular flexibility index (Phi) is 4.25. The molecule has 0 aliphatic carbocycles. The lowest BCUT2D eigenvalue weighted by Gasteiger charge is -2.00. The second kappa shape index (κ2) is 6.70. The quantitative estimate of drug-likeness (QED) is 0.591. The van der Waals surface area contributed by atoms with Crippen molar-refractivity contribution in [2.24, 2.45) is 0 Å². The monoisotopic (exact) mass is 366 g/mol. The van der Waals surface area contributed by atoms with E-state index in [1.165, 1.54) is 11.3 Å². The summed E-state index contributed by atoms with van der Waals surface area (Å²) >= 11 is 2.95. The van der Waals surface area contributed by atoms with E-state index in [-0.39, 0.29) is 5.91 Å². The Morgan fingerprint density at radius 2 is 1.92 bits per heavy atom. The number of hydrogen-bond acceptors (Lipinski definition) is 6. The fourth-order valence-electron chi connectivity index (χ4n) is 2.44. The first-order chi connectivity index (χ1) is 12.2. The molecule has 1 N–H and O–H groups in total. The highest BCUT2D eigenvalue weighted by Gasteiger charge is 2.17. The van der Waals surface area contributed by atoms with Gasteiger partial charge in [0.25, 0.3) is 5.91 Å². The third-order valence-corrected chi connectivity index (χ3v) is 5.84. The highest BCUT2D eigenvalue weighted by Crippen LogP contribution is 2.26. The molecule has 0 atom stereocenters. The molecule has 1 aromatic carbocycles. The third kappa shape index (κ3) is 3.29. The molecule has 0 radical (unpaired) electrons. The van der Waals surface area contributed by atoms with Gasteiger partial charge in [0.1, 0.15) is 14.9 Å². The summed E-state index contributed by atoms with van der Waals surface area (Å²) in [6, 6.07) is 13.6. The van der Waals surface area contributed by atoms with Crippen LogP contribution < -0.4 is 5.32 Å². The Labute approximate surface area is 152 Å². The summed E-state index contributed by atoms with van der Waals surface area (Å²) in [5.41, 5.74) is 2.46. The number of pyridine rings is 1. The van der Waals surface area contributed by atoms with Gasteiger partial charge in [-0.3, -0.25) is 9.78 Å². The largest absolute Gasteiger partial charge is 0.345 e. The van der Waals surface area contributed by atoms with Crippen molar-refractivity contribution in [3.63, 3.8) is 0 Å². The number of amides is 1. The number of carbonyl (C=O) groups is 1. The van der Waals surface area contributed by atoms with Crippen LogP contribution in [-0.4, -0.2) is 20.9 Å². The Balaban J connectivity index is 1.50. The number of nitrogens with one attached hydrogen (secondary N) is 1. The molecule has 4 rings (SSSR count). The van der Waals surface area contributed by atoms with Gasteiger partial charge in [0, 0.05) is 6.20 Å². The summed E-state index contributed by atoms with van der Waals surface area (Å²) in [7, 11) is 0. The number of nitrogens with zero attached hydrogens (tertiary/aromatic N) is 3. The standard InChI is InChI=1S/C18H14N4OS2/c1-11-16(25-18(21-11)13-7-4-5-9-19-13)17(23)20-10-15-22-12-6-2-3-8-14(12)24-15/h2-9H,10H2,1H3,(H,20,23). The van der Waals surface area contributed by atoms with Gasteiger partial charge in [-0.2, -0.15) is 0 Å². The Morgan fingerprint density at radius 3 is 2.72 bits per heavy atom. The zero-order valence-electron chi connectivity index (χ0n) is 13.4. The lowest BCUT2D eigenvalue weighted by molar-refractivity contribution is 0.0954. The van der Waals surface area contributed by atoms with Gasteiger partial charge in [-0.15, -0.1) is 22.7 Å². The topological polar surface area (TPSA) is 67.8 Å². The van der Waals surface area contributed by atoms with E-state index < -0.39 is 0 Å². The molecule has 3 heterocycles. The first-order valence-corrected chi connectivity index (χ1v) is 9.35. The Hall–Kier alpha value is -2.64. The van der Waals surface area contributed by atoms with Crippen LogP contribution in [0.2, 0.25) is 0 Å². The normalized spacial score (nSPS) is 10.9. The van der Waals surface area contributed by atoms with Crippen molar-refractivity contribution in [2.45, 2.75) is 13.5 Å². The molecule has 0 aliphatic rings. The van der Waals surface area contributed by atoms with Crippen LogP contribution in [0.25, 0.3) is 20.9 Å². The number of thiazole rings is 2. The number of aryl methyl sites for hydroxylation is 1. The van der Waals surface area contributed by atoms with E-state index in [4.69, 9.17) is 0 Å². The van der Waals surface area contributed by atoms with Crippen molar-refractivity contribution < 1.29 is 4.79 Å². The van der Waals surface area contributed by atoms with Crippen LogP contribution in [-0.2, 0) is 6.54 Å². The first kappa shape index (κ1) is 15.9. The molecule has 0 fully saturated rings. The highest BCUT2D eigenvalue weighted by molar-refractivity contribution is 7.18. The fourth-order valence-corrected chi connectivity index (χ4v) is 4.30. The SMILES string of the molecule is Cc1nc(-c2ccccn2)sc1C(=O)NCc1nc2ccccc2s1.